The molecule has 39 heavy (non-hydrogen) atoms. The number of benzene rings is 3. The topological polar surface area (TPSA) is 69.7 Å². The Hall–Kier alpha value is -3.96. The first-order valence-corrected chi connectivity index (χ1v) is 13.1. The maximum Gasteiger partial charge on any atom is 0.416 e. The van der Waals surface area contributed by atoms with Gasteiger partial charge in [-0.05, 0) is 36.2 Å². The van der Waals surface area contributed by atoms with E-state index in [1.54, 1.807) is 24.3 Å². The van der Waals surface area contributed by atoms with Crippen LogP contribution in [0.2, 0.25) is 0 Å². The van der Waals surface area contributed by atoms with Crippen molar-refractivity contribution in [1.29, 1.82) is 0 Å². The van der Waals surface area contributed by atoms with Crippen molar-refractivity contribution < 1.29 is 27.6 Å². The minimum Gasteiger partial charge on any atom is -0.325 e. The van der Waals surface area contributed by atoms with E-state index in [0.717, 1.165) is 29.5 Å². The van der Waals surface area contributed by atoms with Crippen molar-refractivity contribution in [3.63, 3.8) is 0 Å². The van der Waals surface area contributed by atoms with E-state index in [4.69, 9.17) is 12.2 Å². The van der Waals surface area contributed by atoms with Gasteiger partial charge >= 0.3 is 6.18 Å². The van der Waals surface area contributed by atoms with Crippen molar-refractivity contribution in [1.82, 2.24) is 4.90 Å². The van der Waals surface area contributed by atoms with Gasteiger partial charge in [0, 0.05) is 17.8 Å². The summed E-state index contributed by atoms with van der Waals surface area (Å²) in [6.07, 6.45) is -3.98. The molecule has 1 fully saturated rings. The van der Waals surface area contributed by atoms with Crippen molar-refractivity contribution >= 4 is 63.0 Å². The lowest BCUT2D eigenvalue weighted by Crippen LogP contribution is -2.35. The van der Waals surface area contributed by atoms with Crippen LogP contribution in [0.1, 0.15) is 16.7 Å². The number of carbonyl (C=O) groups excluding carboxylic acids is 3. The number of amides is 3. The molecule has 0 bridgehead atoms. The Balaban J connectivity index is 1.37. The van der Waals surface area contributed by atoms with Gasteiger partial charge < -0.3 is 5.32 Å². The van der Waals surface area contributed by atoms with Crippen LogP contribution < -0.4 is 10.2 Å². The van der Waals surface area contributed by atoms with Gasteiger partial charge in [0.25, 0.3) is 11.8 Å². The van der Waals surface area contributed by atoms with Gasteiger partial charge in [-0.1, -0.05) is 78.6 Å². The first-order chi connectivity index (χ1) is 18.6. The third-order valence-corrected chi connectivity index (χ3v) is 7.69. The number of nitrogens with zero attached hydrogens (tertiary/aromatic N) is 2. The summed E-state index contributed by atoms with van der Waals surface area (Å²) in [5, 5.41) is 2.42. The average molecular weight is 568 g/mol. The predicted octanol–water partition coefficient (Wildman–Crippen LogP) is 5.50. The minimum atomic E-state index is -4.56. The van der Waals surface area contributed by atoms with Gasteiger partial charge in [0.15, 0.2) is 0 Å². The Labute approximate surface area is 231 Å². The highest BCUT2D eigenvalue weighted by Gasteiger charge is 2.42. The number of halogens is 3. The van der Waals surface area contributed by atoms with Gasteiger partial charge in [0.2, 0.25) is 5.91 Å². The summed E-state index contributed by atoms with van der Waals surface area (Å²) in [5.41, 5.74) is 1.15. The number of para-hydroxylation sites is 1. The van der Waals surface area contributed by atoms with Gasteiger partial charge in [0.05, 0.1) is 21.7 Å². The lowest BCUT2D eigenvalue weighted by atomic mass is 10.1. The monoisotopic (exact) mass is 567 g/mol. The second kappa shape index (κ2) is 10.7. The van der Waals surface area contributed by atoms with Crippen molar-refractivity contribution in [3.8, 4) is 0 Å². The molecule has 0 unspecified atom stereocenters. The first kappa shape index (κ1) is 26.6. The molecule has 0 atom stereocenters. The predicted molar refractivity (Wildman–Crippen MR) is 148 cm³/mol. The van der Waals surface area contributed by atoms with Crippen LogP contribution in [-0.4, -0.2) is 40.0 Å². The molecule has 0 spiro atoms. The standard InChI is InChI=1S/C28H20F3N3O3S2/c29-28(30,31)18-9-6-10-19(15-18)32-22(35)16-34-21-12-5-4-11-20(21)23(25(34)36)24-26(37)33(27(38)39-24)14-13-17-7-2-1-3-8-17/h1-12,15H,13-14,16H2,(H,32,35). The molecule has 0 saturated carbocycles. The van der Waals surface area contributed by atoms with Gasteiger partial charge in [-0.2, -0.15) is 13.2 Å². The lowest BCUT2D eigenvalue weighted by molar-refractivity contribution is -0.137. The maximum absolute atomic E-state index is 13.6. The average Bonchev–Trinajstić information content (AvgIpc) is 3.34. The fourth-order valence-electron chi connectivity index (χ4n) is 4.40. The highest BCUT2D eigenvalue weighted by atomic mass is 32.2. The van der Waals surface area contributed by atoms with Crippen molar-refractivity contribution in [3.05, 3.63) is 100 Å². The summed E-state index contributed by atoms with van der Waals surface area (Å²) in [5.74, 6) is -1.62. The zero-order valence-corrected chi connectivity index (χ0v) is 21.8. The molecule has 198 valence electrons. The Bertz CT molecular complexity index is 1520. The fraction of sp³-hybridized carbons (Fsp3) is 0.143. The normalized spacial score (nSPS) is 17.2. The van der Waals surface area contributed by atoms with E-state index >= 15 is 0 Å². The summed E-state index contributed by atoms with van der Waals surface area (Å²) >= 11 is 6.50. The lowest BCUT2D eigenvalue weighted by Gasteiger charge is -2.17. The van der Waals surface area contributed by atoms with Gasteiger partial charge in [0.1, 0.15) is 10.9 Å². The van der Waals surface area contributed by atoms with Gasteiger partial charge in [-0.3, -0.25) is 24.2 Å². The Kier molecular flexibility index (Phi) is 7.28. The smallest absolute Gasteiger partial charge is 0.325 e. The molecule has 0 aromatic heterocycles. The molecule has 1 N–H and O–H groups in total. The Morgan fingerprint density at radius 1 is 0.897 bits per heavy atom. The van der Waals surface area contributed by atoms with Crippen molar-refractivity contribution in [2.75, 3.05) is 23.3 Å². The van der Waals surface area contributed by atoms with Crippen LogP contribution in [0.3, 0.4) is 0 Å². The number of rotatable bonds is 6. The summed E-state index contributed by atoms with van der Waals surface area (Å²) in [6.45, 7) is -0.103. The SMILES string of the molecule is O=C(CN1C(=O)C(=C2SC(=S)N(CCc3ccccc3)C2=O)c2ccccc21)Nc1cccc(C(F)(F)F)c1. The van der Waals surface area contributed by atoms with Crippen molar-refractivity contribution in [2.45, 2.75) is 12.6 Å². The molecule has 0 radical (unpaired) electrons. The van der Waals surface area contributed by atoms with Crippen LogP contribution in [0.4, 0.5) is 24.5 Å². The van der Waals surface area contributed by atoms with E-state index in [1.807, 2.05) is 30.3 Å². The quantitative estimate of drug-likeness (QED) is 0.315. The second-order valence-corrected chi connectivity index (χ2v) is 10.4. The van der Waals surface area contributed by atoms with E-state index in [2.05, 4.69) is 5.32 Å². The highest BCUT2D eigenvalue weighted by Crippen LogP contribution is 2.44. The number of carbonyl (C=O) groups is 3. The van der Waals surface area contributed by atoms with Gasteiger partial charge in [-0.15, -0.1) is 0 Å². The molecule has 3 amide bonds. The van der Waals surface area contributed by atoms with E-state index in [0.29, 0.717) is 28.5 Å². The molecule has 3 aromatic carbocycles. The summed E-state index contributed by atoms with van der Waals surface area (Å²) < 4.78 is 39.5. The largest absolute Gasteiger partial charge is 0.416 e. The molecule has 5 rings (SSSR count). The molecule has 2 heterocycles. The van der Waals surface area contributed by atoms with Crippen LogP contribution in [0.25, 0.3) is 5.57 Å². The second-order valence-electron chi connectivity index (χ2n) is 8.80. The van der Waals surface area contributed by atoms with E-state index < -0.39 is 30.1 Å². The van der Waals surface area contributed by atoms with E-state index in [9.17, 15) is 27.6 Å². The molecular formula is C28H20F3N3O3S2. The molecule has 6 nitrogen and oxygen atoms in total. The van der Waals surface area contributed by atoms with Crippen LogP contribution >= 0.6 is 24.0 Å². The number of nitrogens with one attached hydrogen (secondary N) is 1. The minimum absolute atomic E-state index is 0.0470. The molecule has 0 aliphatic carbocycles. The molecule has 3 aromatic rings. The summed E-state index contributed by atoms with van der Waals surface area (Å²) in [7, 11) is 0. The third-order valence-electron chi connectivity index (χ3n) is 6.24. The summed E-state index contributed by atoms with van der Waals surface area (Å²) in [4.78, 5) is 42.6. The van der Waals surface area contributed by atoms with Crippen LogP contribution in [0.5, 0.6) is 0 Å². The molecule has 11 heteroatoms. The first-order valence-electron chi connectivity index (χ1n) is 11.8. The zero-order valence-electron chi connectivity index (χ0n) is 20.2. The molecule has 2 aliphatic heterocycles. The maximum atomic E-state index is 13.6. The zero-order chi connectivity index (χ0) is 27.7. The van der Waals surface area contributed by atoms with Crippen LogP contribution in [0, 0.1) is 0 Å². The fourth-order valence-corrected chi connectivity index (χ4v) is 5.78. The van der Waals surface area contributed by atoms with Crippen LogP contribution in [0.15, 0.2) is 83.8 Å². The number of alkyl halides is 3. The number of hydrogen-bond donors (Lipinski definition) is 1. The summed E-state index contributed by atoms with van der Waals surface area (Å²) in [6, 6.07) is 20.6. The molecule has 1 saturated heterocycles. The third kappa shape index (κ3) is 5.45. The van der Waals surface area contributed by atoms with Gasteiger partial charge in [-0.25, -0.2) is 0 Å². The number of anilines is 2. The molecular weight excluding hydrogens is 547 g/mol. The van der Waals surface area contributed by atoms with Crippen LogP contribution in [-0.2, 0) is 27.0 Å². The number of thioether (sulfide) groups is 1. The number of fused-ring (bicyclic) bond motifs is 1. The number of thiocarbonyl (C=S) groups is 1. The Morgan fingerprint density at radius 2 is 1.62 bits per heavy atom. The molecule has 2 aliphatic rings. The number of hydrogen-bond acceptors (Lipinski definition) is 5. The van der Waals surface area contributed by atoms with E-state index in [-0.39, 0.29) is 22.1 Å². The van der Waals surface area contributed by atoms with E-state index in [1.165, 1.54) is 21.9 Å². The van der Waals surface area contributed by atoms with Crippen molar-refractivity contribution in [2.24, 2.45) is 0 Å². The Morgan fingerprint density at radius 3 is 2.36 bits per heavy atom. The highest BCUT2D eigenvalue weighted by molar-refractivity contribution is 8.26.